The number of hydrogen-bond donors (Lipinski definition) is 1. The lowest BCUT2D eigenvalue weighted by Crippen LogP contribution is -2.50. The molecule has 5 heteroatoms. The lowest BCUT2D eigenvalue weighted by atomic mass is 9.93. The maximum Gasteiger partial charge on any atom is 0.260 e. The van der Waals surface area contributed by atoms with E-state index >= 15 is 0 Å². The molecule has 0 aromatic heterocycles. The zero-order valence-electron chi connectivity index (χ0n) is 14.9. The largest absolute Gasteiger partial charge is 0.483 e. The molecule has 0 saturated carbocycles. The predicted octanol–water partition coefficient (Wildman–Crippen LogP) is 2.84. The molecular formula is C21H24N2O3. The maximum absolute atomic E-state index is 12.6. The van der Waals surface area contributed by atoms with Crippen LogP contribution in [0.2, 0.25) is 0 Å². The summed E-state index contributed by atoms with van der Waals surface area (Å²) in [4.78, 5) is 25.8. The number of primary amides is 1. The lowest BCUT2D eigenvalue weighted by Gasteiger charge is -2.36. The van der Waals surface area contributed by atoms with Gasteiger partial charge in [0, 0.05) is 18.2 Å². The molecule has 136 valence electrons. The van der Waals surface area contributed by atoms with Crippen molar-refractivity contribution in [1.29, 1.82) is 0 Å². The van der Waals surface area contributed by atoms with Crippen molar-refractivity contribution in [2.45, 2.75) is 25.8 Å². The van der Waals surface area contributed by atoms with Crippen molar-refractivity contribution in [3.05, 3.63) is 54.6 Å². The summed E-state index contributed by atoms with van der Waals surface area (Å²) in [6, 6.07) is 17.7. The van der Waals surface area contributed by atoms with Gasteiger partial charge in [0.1, 0.15) is 5.75 Å². The summed E-state index contributed by atoms with van der Waals surface area (Å²) in [5, 5.41) is 0. The van der Waals surface area contributed by atoms with Gasteiger partial charge in [0.05, 0.1) is 5.92 Å². The zero-order chi connectivity index (χ0) is 18.5. The minimum absolute atomic E-state index is 0.0559. The van der Waals surface area contributed by atoms with Crippen LogP contribution in [0.15, 0.2) is 54.6 Å². The van der Waals surface area contributed by atoms with Crippen molar-refractivity contribution in [3.63, 3.8) is 0 Å². The molecule has 1 aliphatic rings. The van der Waals surface area contributed by atoms with E-state index in [-0.39, 0.29) is 30.4 Å². The van der Waals surface area contributed by atoms with Crippen LogP contribution in [0.5, 0.6) is 5.75 Å². The fourth-order valence-corrected chi connectivity index (χ4v) is 3.36. The second kappa shape index (κ2) is 8.04. The highest BCUT2D eigenvalue weighted by Crippen LogP contribution is 2.30. The molecule has 0 aliphatic carbocycles. The number of para-hydroxylation sites is 1. The van der Waals surface area contributed by atoms with Crippen LogP contribution in [0, 0.1) is 5.92 Å². The van der Waals surface area contributed by atoms with Gasteiger partial charge in [-0.2, -0.15) is 0 Å². The van der Waals surface area contributed by atoms with Crippen molar-refractivity contribution in [1.82, 2.24) is 4.90 Å². The van der Waals surface area contributed by atoms with Gasteiger partial charge in [-0.05, 0) is 31.4 Å². The minimum Gasteiger partial charge on any atom is -0.483 e. The van der Waals surface area contributed by atoms with Gasteiger partial charge in [-0.15, -0.1) is 0 Å². The molecular weight excluding hydrogens is 328 g/mol. The van der Waals surface area contributed by atoms with E-state index in [2.05, 4.69) is 0 Å². The number of hydrogen-bond acceptors (Lipinski definition) is 3. The quantitative estimate of drug-likeness (QED) is 0.899. The second-order valence-corrected chi connectivity index (χ2v) is 6.72. The average Bonchev–Trinajstić information content (AvgIpc) is 2.67. The van der Waals surface area contributed by atoms with Gasteiger partial charge in [0.2, 0.25) is 5.91 Å². The van der Waals surface area contributed by atoms with E-state index < -0.39 is 0 Å². The number of ether oxygens (including phenoxy) is 1. The molecule has 1 aliphatic heterocycles. The van der Waals surface area contributed by atoms with Crippen molar-refractivity contribution in [2.24, 2.45) is 11.7 Å². The van der Waals surface area contributed by atoms with E-state index in [4.69, 9.17) is 10.5 Å². The summed E-state index contributed by atoms with van der Waals surface area (Å²) in [6.45, 7) is 2.31. The molecule has 2 aromatic carbocycles. The molecule has 2 N–H and O–H groups in total. The van der Waals surface area contributed by atoms with E-state index in [9.17, 15) is 9.59 Å². The number of piperidine rings is 1. The van der Waals surface area contributed by atoms with Gasteiger partial charge in [-0.1, -0.05) is 48.5 Å². The highest BCUT2D eigenvalue weighted by atomic mass is 16.5. The molecule has 1 fully saturated rings. The topological polar surface area (TPSA) is 72.6 Å². The molecule has 5 nitrogen and oxygen atoms in total. The number of rotatable bonds is 5. The first-order valence-corrected chi connectivity index (χ1v) is 8.92. The van der Waals surface area contributed by atoms with Gasteiger partial charge in [0.15, 0.2) is 6.61 Å². The van der Waals surface area contributed by atoms with Crippen LogP contribution in [-0.2, 0) is 9.59 Å². The molecule has 3 rings (SSSR count). The van der Waals surface area contributed by atoms with E-state index in [1.165, 1.54) is 0 Å². The Morgan fingerprint density at radius 1 is 1.08 bits per heavy atom. The number of carbonyl (C=O) groups excluding carboxylic acids is 2. The summed E-state index contributed by atoms with van der Waals surface area (Å²) in [7, 11) is 0. The third-order valence-electron chi connectivity index (χ3n) is 4.93. The zero-order valence-corrected chi connectivity index (χ0v) is 14.9. The second-order valence-electron chi connectivity index (χ2n) is 6.72. The Labute approximate surface area is 153 Å². The summed E-state index contributed by atoms with van der Waals surface area (Å²) in [5.41, 5.74) is 7.40. The summed E-state index contributed by atoms with van der Waals surface area (Å²) in [5.74, 6) is -0.0636. The van der Waals surface area contributed by atoms with Gasteiger partial charge >= 0.3 is 0 Å². The third-order valence-corrected chi connectivity index (χ3v) is 4.93. The van der Waals surface area contributed by atoms with Crippen LogP contribution >= 0.6 is 0 Å². The summed E-state index contributed by atoms with van der Waals surface area (Å²) in [6.07, 6.45) is 1.51. The first-order valence-electron chi connectivity index (χ1n) is 8.92. The number of amides is 2. The monoisotopic (exact) mass is 352 g/mol. The Hall–Kier alpha value is -2.82. The van der Waals surface area contributed by atoms with Crippen LogP contribution < -0.4 is 10.5 Å². The fraction of sp³-hybridized carbons (Fsp3) is 0.333. The normalized spacial score (nSPS) is 19.8. The van der Waals surface area contributed by atoms with Gasteiger partial charge in [0.25, 0.3) is 5.91 Å². The number of benzene rings is 2. The minimum atomic E-state index is -0.343. The highest BCUT2D eigenvalue weighted by molar-refractivity contribution is 5.81. The van der Waals surface area contributed by atoms with E-state index in [0.717, 1.165) is 24.0 Å². The molecule has 0 bridgehead atoms. The Morgan fingerprint density at radius 2 is 1.77 bits per heavy atom. The molecule has 2 unspecified atom stereocenters. The van der Waals surface area contributed by atoms with Gasteiger partial charge in [-0.25, -0.2) is 0 Å². The SMILES string of the molecule is CC1CCC(C(N)=O)CN1C(=O)COc1ccccc1-c1ccccc1. The lowest BCUT2D eigenvalue weighted by molar-refractivity contribution is -0.139. The van der Waals surface area contributed by atoms with E-state index in [1.807, 2.05) is 61.5 Å². The van der Waals surface area contributed by atoms with Crippen molar-refractivity contribution < 1.29 is 14.3 Å². The van der Waals surface area contributed by atoms with Gasteiger partial charge < -0.3 is 15.4 Å². The van der Waals surface area contributed by atoms with Crippen molar-refractivity contribution >= 4 is 11.8 Å². The molecule has 0 radical (unpaired) electrons. The summed E-state index contributed by atoms with van der Waals surface area (Å²) < 4.78 is 5.84. The Balaban J connectivity index is 1.69. The van der Waals surface area contributed by atoms with E-state index in [0.29, 0.717) is 12.3 Å². The van der Waals surface area contributed by atoms with Crippen LogP contribution in [0.4, 0.5) is 0 Å². The first kappa shape index (κ1) is 18.0. The third kappa shape index (κ3) is 4.04. The van der Waals surface area contributed by atoms with Crippen molar-refractivity contribution in [3.8, 4) is 16.9 Å². The number of likely N-dealkylation sites (tertiary alicyclic amines) is 1. The molecule has 2 atom stereocenters. The maximum atomic E-state index is 12.6. The number of nitrogens with zero attached hydrogens (tertiary/aromatic N) is 1. The van der Waals surface area contributed by atoms with E-state index in [1.54, 1.807) is 4.90 Å². The Bertz CT molecular complexity index is 776. The van der Waals surface area contributed by atoms with Crippen LogP contribution in [-0.4, -0.2) is 35.9 Å². The Kier molecular flexibility index (Phi) is 5.56. The van der Waals surface area contributed by atoms with Crippen LogP contribution in [0.25, 0.3) is 11.1 Å². The first-order chi connectivity index (χ1) is 12.6. The molecule has 2 amide bonds. The number of nitrogens with two attached hydrogens (primary N) is 1. The molecule has 1 heterocycles. The highest BCUT2D eigenvalue weighted by Gasteiger charge is 2.31. The van der Waals surface area contributed by atoms with Crippen LogP contribution in [0.1, 0.15) is 19.8 Å². The summed E-state index contributed by atoms with van der Waals surface area (Å²) >= 11 is 0. The number of carbonyl (C=O) groups is 2. The smallest absolute Gasteiger partial charge is 0.260 e. The van der Waals surface area contributed by atoms with Crippen molar-refractivity contribution in [2.75, 3.05) is 13.2 Å². The Morgan fingerprint density at radius 3 is 2.50 bits per heavy atom. The molecule has 26 heavy (non-hydrogen) atoms. The fourth-order valence-electron chi connectivity index (χ4n) is 3.36. The van der Waals surface area contributed by atoms with Gasteiger partial charge in [-0.3, -0.25) is 9.59 Å². The standard InChI is InChI=1S/C21H24N2O3/c1-15-11-12-17(21(22)25)13-23(15)20(24)14-26-19-10-6-5-9-18(19)16-7-3-2-4-8-16/h2-10,15,17H,11-14H2,1H3,(H2,22,25). The molecule has 1 saturated heterocycles. The van der Waals surface area contributed by atoms with Crippen LogP contribution in [0.3, 0.4) is 0 Å². The molecule has 0 spiro atoms. The molecule has 2 aromatic rings. The predicted molar refractivity (Wildman–Crippen MR) is 100 cm³/mol. The average molecular weight is 352 g/mol.